The van der Waals surface area contributed by atoms with E-state index in [1.165, 1.54) is 21.5 Å². The van der Waals surface area contributed by atoms with Gasteiger partial charge in [0, 0.05) is 43.5 Å². The van der Waals surface area contributed by atoms with E-state index in [0.717, 1.165) is 0 Å². The number of ether oxygens (including phenoxy) is 2. The van der Waals surface area contributed by atoms with Gasteiger partial charge in [0.1, 0.15) is 30.7 Å². The van der Waals surface area contributed by atoms with Crippen LogP contribution in [0.5, 0.6) is 0 Å². The van der Waals surface area contributed by atoms with Crippen molar-refractivity contribution in [3.8, 4) is 6.07 Å². The van der Waals surface area contributed by atoms with Crippen LogP contribution in [0.4, 0.5) is 4.79 Å². The number of carbonyl (C=O) groups excluding carboxylic acids is 1. The van der Waals surface area contributed by atoms with Crippen LogP contribution in [-0.2, 0) is 32.1 Å². The van der Waals surface area contributed by atoms with Crippen molar-refractivity contribution < 1.29 is 28.1 Å². The number of hydrogen-bond acceptors (Lipinski definition) is 12. The van der Waals surface area contributed by atoms with Crippen molar-refractivity contribution in [1.82, 2.24) is 34.5 Å². The predicted octanol–water partition coefficient (Wildman–Crippen LogP) is 3.13. The Morgan fingerprint density at radius 3 is 2.53 bits per heavy atom. The maximum Gasteiger partial charge on any atom is 0.407 e. The first-order valence-electron chi connectivity index (χ1n) is 15.6. The Labute approximate surface area is 277 Å². The number of H-pyrrole nitrogens is 1. The van der Waals surface area contributed by atoms with Gasteiger partial charge in [-0.1, -0.05) is 19.1 Å². The smallest absolute Gasteiger partial charge is 0.407 e. The molecule has 18 heteroatoms. The third kappa shape index (κ3) is 10.3. The maximum atomic E-state index is 13.1. The van der Waals surface area contributed by atoms with Gasteiger partial charge in [0.05, 0.1) is 25.6 Å². The first kappa shape index (κ1) is 38.5. The molecule has 16 nitrogen and oxygen atoms in total. The fraction of sp³-hybridized carbons (Fsp3) is 0.724. The van der Waals surface area contributed by atoms with Gasteiger partial charge in [0.25, 0.3) is 14.1 Å². The van der Waals surface area contributed by atoms with E-state index >= 15 is 0 Å². The summed E-state index contributed by atoms with van der Waals surface area (Å²) < 4.78 is 30.1. The molecule has 1 aliphatic heterocycles. The molecule has 47 heavy (non-hydrogen) atoms. The van der Waals surface area contributed by atoms with Crippen LogP contribution >= 0.6 is 8.53 Å². The molecule has 1 fully saturated rings. The molecule has 1 aliphatic rings. The summed E-state index contributed by atoms with van der Waals surface area (Å²) in [5.74, 6) is -0.561. The number of aromatic nitrogens is 5. The average Bonchev–Trinajstić information content (AvgIpc) is 3.52. The van der Waals surface area contributed by atoms with Crippen LogP contribution in [0.25, 0.3) is 0 Å². The molecule has 2 unspecified atom stereocenters. The number of amides is 1. The third-order valence-corrected chi connectivity index (χ3v) is 14.0. The van der Waals surface area contributed by atoms with E-state index in [1.807, 2.05) is 54.6 Å². The lowest BCUT2D eigenvalue weighted by atomic mass is 9.89. The van der Waals surface area contributed by atoms with E-state index in [4.69, 9.17) is 18.5 Å². The number of nitriles is 1. The zero-order valence-corrected chi connectivity index (χ0v) is 30.6. The van der Waals surface area contributed by atoms with Crippen LogP contribution in [0.3, 0.4) is 0 Å². The third-order valence-electron chi connectivity index (χ3n) is 8.31. The van der Waals surface area contributed by atoms with E-state index in [0.29, 0.717) is 12.1 Å². The van der Waals surface area contributed by atoms with Crippen molar-refractivity contribution in [3.05, 3.63) is 45.0 Å². The highest BCUT2D eigenvalue weighted by molar-refractivity contribution is 7.44. The summed E-state index contributed by atoms with van der Waals surface area (Å²) in [6.07, 6.45) is 0.208. The zero-order chi connectivity index (χ0) is 35.1. The normalized spacial score (nSPS) is 20.9. The number of carbonyl (C=O) groups is 1. The Balaban J connectivity index is 2.04. The molecule has 2 aromatic heterocycles. The van der Waals surface area contributed by atoms with Crippen molar-refractivity contribution in [2.75, 3.05) is 13.2 Å². The Hall–Kier alpha value is -2.97. The summed E-state index contributed by atoms with van der Waals surface area (Å²) in [7, 11) is -2.86. The SMILES string of the molecule is CC(C)N(C(C)C)P(OCCC#N)OC1[C@@H](COC(=O)NCc2cn(C)nn2)O[C@@H](n2ccc(=O)[nH]c2=O)[C@H]1CC(C)(C)[Si](C)(C)O. The molecular formula is C29H49N8O8PSi. The fourth-order valence-electron chi connectivity index (χ4n) is 5.28. The van der Waals surface area contributed by atoms with Gasteiger partial charge in [-0.05, 0) is 52.2 Å². The van der Waals surface area contributed by atoms with Crippen LogP contribution < -0.4 is 16.6 Å². The zero-order valence-electron chi connectivity index (χ0n) is 28.7. The van der Waals surface area contributed by atoms with Crippen LogP contribution in [0.15, 0.2) is 28.0 Å². The number of rotatable bonds is 16. The molecule has 3 rings (SSSR count). The van der Waals surface area contributed by atoms with Crippen LogP contribution in [0.2, 0.25) is 18.1 Å². The minimum atomic E-state index is -2.79. The Morgan fingerprint density at radius 2 is 1.98 bits per heavy atom. The molecule has 2 aromatic rings. The second kappa shape index (κ2) is 16.4. The van der Waals surface area contributed by atoms with Crippen molar-refractivity contribution in [1.29, 1.82) is 5.26 Å². The van der Waals surface area contributed by atoms with Crippen LogP contribution in [-0.4, -0.2) is 85.9 Å². The van der Waals surface area contributed by atoms with E-state index in [9.17, 15) is 24.4 Å². The van der Waals surface area contributed by atoms with Crippen molar-refractivity contribution >= 4 is 22.9 Å². The number of aryl methyl sites for hydroxylation is 1. The molecule has 0 radical (unpaired) electrons. The van der Waals surface area contributed by atoms with Gasteiger partial charge >= 0.3 is 11.8 Å². The van der Waals surface area contributed by atoms with Crippen molar-refractivity contribution in [2.24, 2.45) is 13.0 Å². The van der Waals surface area contributed by atoms with Crippen molar-refractivity contribution in [2.45, 2.75) is 110 Å². The molecule has 0 aromatic carbocycles. The van der Waals surface area contributed by atoms with Gasteiger partial charge in [-0.15, -0.1) is 5.10 Å². The maximum absolute atomic E-state index is 13.1. The quantitative estimate of drug-likeness (QED) is 0.132. The second-order valence-corrected chi connectivity index (χ2v) is 19.2. The van der Waals surface area contributed by atoms with Gasteiger partial charge in [-0.2, -0.15) is 5.26 Å². The minimum Gasteiger partial charge on any atom is -0.447 e. The molecule has 0 bridgehead atoms. The molecule has 262 valence electrons. The molecular weight excluding hydrogens is 647 g/mol. The first-order valence-corrected chi connectivity index (χ1v) is 19.7. The van der Waals surface area contributed by atoms with Gasteiger partial charge < -0.3 is 28.6 Å². The van der Waals surface area contributed by atoms with E-state index in [1.54, 1.807) is 13.2 Å². The lowest BCUT2D eigenvalue weighted by Gasteiger charge is -2.41. The fourth-order valence-corrected chi connectivity index (χ4v) is 7.82. The molecule has 0 aliphatic carbocycles. The van der Waals surface area contributed by atoms with Gasteiger partial charge in [-0.25, -0.2) is 14.3 Å². The Bertz CT molecular complexity index is 1480. The highest BCUT2D eigenvalue weighted by Crippen LogP contribution is 2.55. The Morgan fingerprint density at radius 1 is 1.30 bits per heavy atom. The summed E-state index contributed by atoms with van der Waals surface area (Å²) in [6.45, 7) is 15.7. The van der Waals surface area contributed by atoms with E-state index in [2.05, 4.69) is 31.4 Å². The molecule has 1 saturated heterocycles. The van der Waals surface area contributed by atoms with Crippen molar-refractivity contribution in [3.63, 3.8) is 0 Å². The molecule has 3 N–H and O–H groups in total. The standard InChI is InChI=1S/C29H49N8O8PSi/c1-19(2)37(20(3)4)46(43-14-10-12-30)45-25-22(15-29(5,6)47(8,9)41)26(36-13-11-24(38)32-27(36)39)44-23(25)18-42-28(40)31-16-21-17-35(7)34-33-21/h11,13,17,19-20,22-23,25-26,41H,10,14-16,18H2,1-9H3,(H,31,40)(H,32,38,39)/t22-,23+,25?,26+,46?/m0/s1. The molecule has 3 heterocycles. The number of nitrogens with zero attached hydrogens (tertiary/aromatic N) is 6. The summed E-state index contributed by atoms with van der Waals surface area (Å²) in [6, 6.07) is 3.34. The summed E-state index contributed by atoms with van der Waals surface area (Å²) in [5.41, 5.74) is -0.691. The summed E-state index contributed by atoms with van der Waals surface area (Å²) in [5, 5.41) is 19.1. The highest BCUT2D eigenvalue weighted by Gasteiger charge is 2.53. The van der Waals surface area contributed by atoms with Gasteiger partial charge in [0.2, 0.25) is 0 Å². The molecule has 0 spiro atoms. The number of alkyl carbamates (subject to hydrolysis) is 1. The summed E-state index contributed by atoms with van der Waals surface area (Å²) >= 11 is 0. The largest absolute Gasteiger partial charge is 0.447 e. The number of hydrogen-bond donors (Lipinski definition) is 3. The average molecular weight is 697 g/mol. The van der Waals surface area contributed by atoms with E-state index in [-0.39, 0.29) is 38.3 Å². The van der Waals surface area contributed by atoms with Gasteiger partial charge in [0.15, 0.2) is 8.32 Å². The second-order valence-electron chi connectivity index (χ2n) is 13.3. The number of nitrogens with one attached hydrogen (secondary N) is 2. The monoisotopic (exact) mass is 696 g/mol. The summed E-state index contributed by atoms with van der Waals surface area (Å²) in [4.78, 5) is 51.4. The predicted molar refractivity (Wildman–Crippen MR) is 176 cm³/mol. The molecule has 5 atom stereocenters. The van der Waals surface area contributed by atoms with Crippen LogP contribution in [0, 0.1) is 17.2 Å². The lowest BCUT2D eigenvalue weighted by molar-refractivity contribution is -0.0500. The van der Waals surface area contributed by atoms with Crippen LogP contribution in [0.1, 0.15) is 66.3 Å². The first-order chi connectivity index (χ1) is 21.9. The minimum absolute atomic E-state index is 0.00312. The lowest BCUT2D eigenvalue weighted by Crippen LogP contribution is -2.44. The number of aromatic amines is 1. The molecule has 0 saturated carbocycles. The highest BCUT2D eigenvalue weighted by atomic mass is 31.2. The van der Waals surface area contributed by atoms with Gasteiger partial charge in [-0.3, -0.25) is 19.0 Å². The molecule has 1 amide bonds. The van der Waals surface area contributed by atoms with E-state index < -0.39 is 63.6 Å². The topological polar surface area (TPSA) is 199 Å². The Kier molecular flexibility index (Phi) is 13.4.